The molecule has 14 heavy (non-hydrogen) atoms. The van der Waals surface area contributed by atoms with Crippen LogP contribution in [0, 0.1) is 17.8 Å². The van der Waals surface area contributed by atoms with Crippen LogP contribution in [0.25, 0.3) is 0 Å². The van der Waals surface area contributed by atoms with Crippen molar-refractivity contribution in [1.29, 1.82) is 0 Å². The lowest BCUT2D eigenvalue weighted by Gasteiger charge is -2.09. The molecule has 1 heterocycles. The number of hydrogen-bond donors (Lipinski definition) is 0. The van der Waals surface area contributed by atoms with E-state index in [9.17, 15) is 0 Å². The van der Waals surface area contributed by atoms with Gasteiger partial charge in [0.2, 0.25) is 0 Å². The number of rotatable bonds is 2. The second-order valence-electron chi connectivity index (χ2n) is 4.37. The first-order valence-corrected chi connectivity index (χ1v) is 6.85. The minimum Gasteiger partial charge on any atom is -0.146 e. The Kier molecular flexibility index (Phi) is 2.31. The van der Waals surface area contributed by atoms with Crippen LogP contribution < -0.4 is 0 Å². The molecule has 0 aromatic carbocycles. The first-order valence-electron chi connectivity index (χ1n) is 5.16. The van der Waals surface area contributed by atoms with E-state index in [1.165, 1.54) is 24.1 Å². The van der Waals surface area contributed by atoms with E-state index < -0.39 is 0 Å². The highest BCUT2D eigenvalue weighted by atomic mass is 35.5. The minimum atomic E-state index is 0.179. The van der Waals surface area contributed by atoms with Crippen LogP contribution in [0.4, 0.5) is 0 Å². The first kappa shape index (κ1) is 9.50. The molecule has 76 valence electrons. The molecule has 0 saturated heterocycles. The number of hydrogen-bond acceptors (Lipinski definition) is 1. The van der Waals surface area contributed by atoms with E-state index in [-0.39, 0.29) is 5.38 Å². The summed E-state index contributed by atoms with van der Waals surface area (Å²) >= 11 is 14.3. The van der Waals surface area contributed by atoms with Gasteiger partial charge in [0.05, 0.1) is 10.4 Å². The van der Waals surface area contributed by atoms with Gasteiger partial charge in [0, 0.05) is 4.88 Å². The van der Waals surface area contributed by atoms with Gasteiger partial charge in [0.25, 0.3) is 0 Å². The van der Waals surface area contributed by atoms with Crippen molar-refractivity contribution in [2.24, 2.45) is 17.8 Å². The van der Waals surface area contributed by atoms with Gasteiger partial charge in [-0.25, -0.2) is 0 Å². The molecule has 0 radical (unpaired) electrons. The Morgan fingerprint density at radius 2 is 2.07 bits per heavy atom. The van der Waals surface area contributed by atoms with E-state index in [4.69, 9.17) is 23.2 Å². The van der Waals surface area contributed by atoms with Gasteiger partial charge in [-0.1, -0.05) is 18.0 Å². The Morgan fingerprint density at radius 3 is 2.64 bits per heavy atom. The van der Waals surface area contributed by atoms with Crippen molar-refractivity contribution in [3.05, 3.63) is 21.3 Å². The molecule has 1 aromatic rings. The molecule has 0 aliphatic heterocycles. The highest BCUT2D eigenvalue weighted by molar-refractivity contribution is 7.11. The lowest BCUT2D eigenvalue weighted by atomic mass is 10.1. The van der Waals surface area contributed by atoms with E-state index in [1.807, 2.05) is 11.4 Å². The normalized spacial score (nSPS) is 36.9. The van der Waals surface area contributed by atoms with Crippen LogP contribution in [0.1, 0.15) is 29.5 Å². The van der Waals surface area contributed by atoms with E-state index in [1.54, 1.807) is 11.3 Å². The van der Waals surface area contributed by atoms with Gasteiger partial charge in [-0.15, -0.1) is 22.9 Å². The third-order valence-electron chi connectivity index (χ3n) is 3.71. The minimum absolute atomic E-state index is 0.179. The van der Waals surface area contributed by atoms with Crippen molar-refractivity contribution in [2.75, 3.05) is 0 Å². The van der Waals surface area contributed by atoms with Crippen molar-refractivity contribution in [2.45, 2.75) is 24.6 Å². The number of fused-ring (bicyclic) bond motifs is 1. The zero-order chi connectivity index (χ0) is 9.71. The summed E-state index contributed by atoms with van der Waals surface area (Å²) in [5, 5.41) is 3.07. The Balaban J connectivity index is 1.78. The fraction of sp³-hybridized carbons (Fsp3) is 0.636. The summed E-state index contributed by atoms with van der Waals surface area (Å²) in [6.07, 6.45) is 4.19. The Hall–Kier alpha value is 0.280. The molecular formula is C11H12Cl2S. The molecule has 0 amide bonds. The molecule has 3 unspecified atom stereocenters. The summed E-state index contributed by atoms with van der Waals surface area (Å²) in [4.78, 5) is 1.19. The Morgan fingerprint density at radius 1 is 1.36 bits per heavy atom. The highest BCUT2D eigenvalue weighted by Gasteiger charge is 2.56. The largest absolute Gasteiger partial charge is 0.146 e. The second-order valence-corrected chi connectivity index (χ2v) is 6.20. The Bertz CT molecular complexity index is 337. The maximum absolute atomic E-state index is 6.48. The maximum atomic E-state index is 6.48. The van der Waals surface area contributed by atoms with Gasteiger partial charge in [0.15, 0.2) is 0 Å². The summed E-state index contributed by atoms with van der Waals surface area (Å²) in [5.74, 6) is 2.55. The van der Waals surface area contributed by atoms with E-state index in [0.717, 1.165) is 22.8 Å². The molecule has 2 aliphatic rings. The van der Waals surface area contributed by atoms with Crippen molar-refractivity contribution in [1.82, 2.24) is 0 Å². The van der Waals surface area contributed by atoms with E-state index in [2.05, 4.69) is 0 Å². The lowest BCUT2D eigenvalue weighted by molar-refractivity contribution is 0.577. The van der Waals surface area contributed by atoms with Crippen molar-refractivity contribution < 1.29 is 0 Å². The quantitative estimate of drug-likeness (QED) is 0.663. The van der Waals surface area contributed by atoms with Crippen molar-refractivity contribution in [3.8, 4) is 0 Å². The fourth-order valence-corrected chi connectivity index (χ4v) is 4.90. The molecule has 2 saturated carbocycles. The lowest BCUT2D eigenvalue weighted by Crippen LogP contribution is -1.96. The molecular weight excluding hydrogens is 235 g/mol. The average Bonchev–Trinajstić information content (AvgIpc) is 2.57. The molecule has 3 rings (SSSR count). The zero-order valence-corrected chi connectivity index (χ0v) is 10.1. The van der Waals surface area contributed by atoms with Crippen molar-refractivity contribution >= 4 is 34.5 Å². The highest BCUT2D eigenvalue weighted by Crippen LogP contribution is 2.64. The van der Waals surface area contributed by atoms with E-state index in [0.29, 0.717) is 0 Å². The molecule has 0 spiro atoms. The topological polar surface area (TPSA) is 0 Å². The molecule has 0 nitrogen and oxygen atoms in total. The van der Waals surface area contributed by atoms with Crippen LogP contribution in [0.2, 0.25) is 5.02 Å². The van der Waals surface area contributed by atoms with Crippen molar-refractivity contribution in [3.63, 3.8) is 0 Å². The van der Waals surface area contributed by atoms with Crippen LogP contribution in [0.15, 0.2) is 11.4 Å². The van der Waals surface area contributed by atoms with Gasteiger partial charge < -0.3 is 0 Å². The Labute approximate surface area is 98.2 Å². The summed E-state index contributed by atoms with van der Waals surface area (Å²) in [5.41, 5.74) is 0. The number of alkyl halides is 1. The summed E-state index contributed by atoms with van der Waals surface area (Å²) in [6.45, 7) is 0. The third-order valence-corrected chi connectivity index (χ3v) is 5.79. The second kappa shape index (κ2) is 3.40. The molecule has 0 N–H and O–H groups in total. The third kappa shape index (κ3) is 1.33. The van der Waals surface area contributed by atoms with Crippen LogP contribution in [0.5, 0.6) is 0 Å². The van der Waals surface area contributed by atoms with Gasteiger partial charge in [-0.05, 0) is 42.0 Å². The molecule has 3 atom stereocenters. The molecule has 3 heteroatoms. The summed E-state index contributed by atoms with van der Waals surface area (Å²) in [7, 11) is 0. The number of thiophene rings is 1. The van der Waals surface area contributed by atoms with Gasteiger partial charge in [0.1, 0.15) is 0 Å². The van der Waals surface area contributed by atoms with Crippen LogP contribution in [-0.4, -0.2) is 0 Å². The first-order chi connectivity index (χ1) is 6.79. The maximum Gasteiger partial charge on any atom is 0.0727 e. The van der Waals surface area contributed by atoms with Crippen LogP contribution in [-0.2, 0) is 0 Å². The predicted octanol–water partition coefficient (Wildman–Crippen LogP) is 4.73. The molecule has 2 aliphatic carbocycles. The summed E-state index contributed by atoms with van der Waals surface area (Å²) in [6, 6.07) is 1.95. The fourth-order valence-electron chi connectivity index (χ4n) is 2.99. The number of halogens is 2. The van der Waals surface area contributed by atoms with Gasteiger partial charge in [-0.2, -0.15) is 0 Å². The zero-order valence-electron chi connectivity index (χ0n) is 7.75. The average molecular weight is 247 g/mol. The van der Waals surface area contributed by atoms with Crippen LogP contribution in [0.3, 0.4) is 0 Å². The SMILES string of the molecule is Clc1ccsc1C(Cl)C1C2CCCC21. The molecule has 0 bridgehead atoms. The smallest absolute Gasteiger partial charge is 0.0727 e. The monoisotopic (exact) mass is 246 g/mol. The predicted molar refractivity (Wildman–Crippen MR) is 62.2 cm³/mol. The van der Waals surface area contributed by atoms with Gasteiger partial charge >= 0.3 is 0 Å². The molecule has 2 fully saturated rings. The summed E-state index contributed by atoms with van der Waals surface area (Å²) < 4.78 is 0. The van der Waals surface area contributed by atoms with Gasteiger partial charge in [-0.3, -0.25) is 0 Å². The van der Waals surface area contributed by atoms with Crippen LogP contribution >= 0.6 is 34.5 Å². The molecule has 1 aromatic heterocycles. The van der Waals surface area contributed by atoms with E-state index >= 15 is 0 Å². The standard InChI is InChI=1S/C11H12Cl2S/c12-8-4-5-14-11(8)10(13)9-6-2-1-3-7(6)9/h4-7,9-10H,1-3H2.